The lowest BCUT2D eigenvalue weighted by Gasteiger charge is -2.36. The lowest BCUT2D eigenvalue weighted by Crippen LogP contribution is -2.35. The third kappa shape index (κ3) is 9.70. The van der Waals surface area contributed by atoms with Gasteiger partial charge in [0.05, 0.1) is 18.8 Å². The zero-order valence-electron chi connectivity index (χ0n) is 22.9. The van der Waals surface area contributed by atoms with Gasteiger partial charge in [0.2, 0.25) is 0 Å². The average Bonchev–Trinajstić information content (AvgIpc) is 2.92. The fourth-order valence-electron chi connectivity index (χ4n) is 4.94. The Labute approximate surface area is 223 Å². The first-order chi connectivity index (χ1) is 18.0. The van der Waals surface area contributed by atoms with Crippen LogP contribution in [-0.4, -0.2) is 30.6 Å². The molecule has 0 unspecified atom stereocenters. The molecule has 2 aromatic rings. The Hall–Kier alpha value is -2.53. The summed E-state index contributed by atoms with van der Waals surface area (Å²) >= 11 is 0. The smallest absolute Gasteiger partial charge is 0.494 e. The molecule has 2 aromatic carbocycles. The van der Waals surface area contributed by atoms with Gasteiger partial charge in [0.1, 0.15) is 11.9 Å². The van der Waals surface area contributed by atoms with Crippen LogP contribution in [0.5, 0.6) is 5.75 Å². The number of rotatable bonds is 15. The number of benzene rings is 2. The molecule has 1 fully saturated rings. The monoisotopic (exact) mass is 510 g/mol. The molecule has 1 aliphatic rings. The summed E-state index contributed by atoms with van der Waals surface area (Å²) in [4.78, 5) is 11.9. The van der Waals surface area contributed by atoms with Crippen LogP contribution < -0.4 is 4.74 Å². The minimum atomic E-state index is -0.891. The second-order valence-electron chi connectivity index (χ2n) is 10.4. The summed E-state index contributed by atoms with van der Waals surface area (Å²) in [6, 6.07) is 16.4. The first kappa shape index (κ1) is 29.0. The Bertz CT molecular complexity index is 898. The third-order valence-corrected chi connectivity index (χ3v) is 7.37. The molecule has 37 heavy (non-hydrogen) atoms. The van der Waals surface area contributed by atoms with Crippen molar-refractivity contribution in [3.05, 3.63) is 54.1 Å². The van der Waals surface area contributed by atoms with E-state index in [9.17, 15) is 9.90 Å². The molecule has 0 aromatic heterocycles. The third-order valence-electron chi connectivity index (χ3n) is 7.37. The van der Waals surface area contributed by atoms with Crippen molar-refractivity contribution in [2.24, 2.45) is 0 Å². The molecule has 0 spiro atoms. The SMILES string of the molecule is CCCCCCCCOc1ccc(-c2ccc(C3(O)CCC(OC(=O)OCCCCC)CC3)cc2)cc1. The largest absolute Gasteiger partial charge is 0.508 e. The topological polar surface area (TPSA) is 65.0 Å². The average molecular weight is 511 g/mol. The zero-order chi connectivity index (χ0) is 26.3. The normalized spacial score (nSPS) is 19.4. The Balaban J connectivity index is 1.42. The molecule has 3 rings (SSSR count). The number of aliphatic hydroxyl groups is 1. The van der Waals surface area contributed by atoms with Crippen molar-refractivity contribution in [1.82, 2.24) is 0 Å². The second-order valence-corrected chi connectivity index (χ2v) is 10.4. The van der Waals surface area contributed by atoms with Crippen molar-refractivity contribution in [3.8, 4) is 16.9 Å². The zero-order valence-corrected chi connectivity index (χ0v) is 22.9. The molecular formula is C32H46O5. The highest BCUT2D eigenvalue weighted by molar-refractivity contribution is 5.64. The maximum atomic E-state index is 11.9. The van der Waals surface area contributed by atoms with Crippen molar-refractivity contribution in [3.63, 3.8) is 0 Å². The fraction of sp³-hybridized carbons (Fsp3) is 0.594. The molecule has 0 saturated heterocycles. The predicted molar refractivity (Wildman–Crippen MR) is 149 cm³/mol. The van der Waals surface area contributed by atoms with Crippen LogP contribution in [0.2, 0.25) is 0 Å². The van der Waals surface area contributed by atoms with Gasteiger partial charge in [0, 0.05) is 0 Å². The first-order valence-corrected chi connectivity index (χ1v) is 14.4. The van der Waals surface area contributed by atoms with Crippen LogP contribution in [-0.2, 0) is 15.1 Å². The van der Waals surface area contributed by atoms with Gasteiger partial charge in [-0.15, -0.1) is 0 Å². The van der Waals surface area contributed by atoms with Crippen molar-refractivity contribution in [2.75, 3.05) is 13.2 Å². The maximum absolute atomic E-state index is 11.9. The molecule has 1 aliphatic carbocycles. The molecule has 0 bridgehead atoms. The van der Waals surface area contributed by atoms with E-state index >= 15 is 0 Å². The first-order valence-electron chi connectivity index (χ1n) is 14.4. The summed E-state index contributed by atoms with van der Waals surface area (Å²) in [7, 11) is 0. The quantitative estimate of drug-likeness (QED) is 0.192. The molecule has 0 atom stereocenters. The van der Waals surface area contributed by atoms with Crippen LogP contribution >= 0.6 is 0 Å². The second kappa shape index (κ2) is 15.7. The maximum Gasteiger partial charge on any atom is 0.508 e. The van der Waals surface area contributed by atoms with Crippen LogP contribution in [0.4, 0.5) is 4.79 Å². The number of ether oxygens (including phenoxy) is 3. The molecule has 0 amide bonds. The Kier molecular flexibility index (Phi) is 12.3. The van der Waals surface area contributed by atoms with E-state index < -0.39 is 11.8 Å². The van der Waals surface area contributed by atoms with Crippen LogP contribution in [0.3, 0.4) is 0 Å². The van der Waals surface area contributed by atoms with E-state index in [1.54, 1.807) is 0 Å². The summed E-state index contributed by atoms with van der Waals surface area (Å²) in [6.07, 6.45) is 12.1. The predicted octanol–water partition coefficient (Wildman–Crippen LogP) is 8.57. The number of unbranched alkanes of at least 4 members (excludes halogenated alkanes) is 7. The van der Waals surface area contributed by atoms with Crippen LogP contribution in [0.15, 0.2) is 48.5 Å². The summed E-state index contributed by atoms with van der Waals surface area (Å²) in [5.74, 6) is 0.909. The van der Waals surface area contributed by atoms with Gasteiger partial charge in [-0.1, -0.05) is 95.2 Å². The molecule has 0 heterocycles. The van der Waals surface area contributed by atoms with Gasteiger partial charge in [-0.2, -0.15) is 0 Å². The number of hydrogen-bond acceptors (Lipinski definition) is 5. The van der Waals surface area contributed by atoms with Crippen LogP contribution in [0.1, 0.15) is 103 Å². The molecule has 1 saturated carbocycles. The Morgan fingerprint density at radius 3 is 1.97 bits per heavy atom. The van der Waals surface area contributed by atoms with Gasteiger partial charge >= 0.3 is 6.16 Å². The molecule has 0 radical (unpaired) electrons. The summed E-state index contributed by atoms with van der Waals surface area (Å²) in [6.45, 7) is 5.53. The highest BCUT2D eigenvalue weighted by atomic mass is 16.7. The molecule has 204 valence electrons. The molecule has 1 N–H and O–H groups in total. The Morgan fingerprint density at radius 2 is 1.32 bits per heavy atom. The van der Waals surface area contributed by atoms with E-state index in [-0.39, 0.29) is 6.10 Å². The van der Waals surface area contributed by atoms with Gasteiger partial charge in [-0.05, 0) is 67.3 Å². The molecule has 0 aliphatic heterocycles. The van der Waals surface area contributed by atoms with Crippen molar-refractivity contribution in [1.29, 1.82) is 0 Å². The fourth-order valence-corrected chi connectivity index (χ4v) is 4.94. The van der Waals surface area contributed by atoms with Gasteiger partial charge in [0.15, 0.2) is 0 Å². The Morgan fingerprint density at radius 1 is 0.784 bits per heavy atom. The highest BCUT2D eigenvalue weighted by Gasteiger charge is 2.36. The highest BCUT2D eigenvalue weighted by Crippen LogP contribution is 2.39. The summed E-state index contributed by atoms with van der Waals surface area (Å²) in [5.41, 5.74) is 2.26. The van der Waals surface area contributed by atoms with Crippen molar-refractivity contribution >= 4 is 6.16 Å². The lowest BCUT2D eigenvalue weighted by molar-refractivity contribution is -0.0538. The summed E-state index contributed by atoms with van der Waals surface area (Å²) in [5, 5.41) is 11.3. The van der Waals surface area contributed by atoms with E-state index in [4.69, 9.17) is 14.2 Å². The van der Waals surface area contributed by atoms with Gasteiger partial charge < -0.3 is 19.3 Å². The van der Waals surface area contributed by atoms with E-state index in [1.807, 2.05) is 24.3 Å². The van der Waals surface area contributed by atoms with Crippen molar-refractivity contribution < 1.29 is 24.1 Å². The van der Waals surface area contributed by atoms with Gasteiger partial charge in [-0.3, -0.25) is 0 Å². The number of carbonyl (C=O) groups is 1. The lowest BCUT2D eigenvalue weighted by atomic mass is 9.78. The van der Waals surface area contributed by atoms with E-state index in [2.05, 4.69) is 38.1 Å². The standard InChI is InChI=1S/C32H46O5/c1-3-5-7-8-9-11-24-35-29-18-14-27(15-19-29)26-12-16-28(17-13-26)32(34)22-20-30(21-23-32)37-31(33)36-25-10-6-4-2/h12-19,30,34H,3-11,20-25H2,1-2H3. The van der Waals surface area contributed by atoms with Crippen LogP contribution in [0.25, 0.3) is 11.1 Å². The van der Waals surface area contributed by atoms with E-state index in [1.165, 1.54) is 32.1 Å². The number of hydrogen-bond donors (Lipinski definition) is 1. The molecule has 5 nitrogen and oxygen atoms in total. The van der Waals surface area contributed by atoms with E-state index in [0.29, 0.717) is 32.3 Å². The summed E-state index contributed by atoms with van der Waals surface area (Å²) < 4.78 is 16.5. The van der Waals surface area contributed by atoms with Gasteiger partial charge in [0.25, 0.3) is 0 Å². The minimum Gasteiger partial charge on any atom is -0.494 e. The van der Waals surface area contributed by atoms with E-state index in [0.717, 1.165) is 54.7 Å². The van der Waals surface area contributed by atoms with Crippen molar-refractivity contribution in [2.45, 2.75) is 109 Å². The van der Waals surface area contributed by atoms with Gasteiger partial charge in [-0.25, -0.2) is 4.79 Å². The molecular weight excluding hydrogens is 464 g/mol. The molecule has 5 heteroatoms. The minimum absolute atomic E-state index is 0.194. The van der Waals surface area contributed by atoms with Crippen LogP contribution in [0, 0.1) is 0 Å². The number of carbonyl (C=O) groups excluding carboxylic acids is 1.